The summed E-state index contributed by atoms with van der Waals surface area (Å²) >= 11 is 0. The summed E-state index contributed by atoms with van der Waals surface area (Å²) in [5.74, 6) is -0.802. The molecule has 1 saturated heterocycles. The van der Waals surface area contributed by atoms with Crippen LogP contribution in [0.1, 0.15) is 46.0 Å². The fraction of sp³-hybridized carbons (Fsp3) is 0.857. The molecular weight excluding hydrogens is 473 g/mol. The number of aliphatic hydroxyl groups is 1. The minimum atomic E-state index is -4.16. The van der Waals surface area contributed by atoms with Gasteiger partial charge < -0.3 is 5.11 Å². The molecule has 2 saturated carbocycles. The van der Waals surface area contributed by atoms with Crippen LogP contribution in [0.15, 0.2) is 11.6 Å². The van der Waals surface area contributed by atoms with Gasteiger partial charge in [-0.2, -0.15) is 17.0 Å². The van der Waals surface area contributed by atoms with E-state index in [0.717, 1.165) is 16.3 Å². The second-order valence-corrected chi connectivity index (χ2v) is 14.0. The van der Waals surface area contributed by atoms with Crippen molar-refractivity contribution in [2.24, 2.45) is 23.7 Å². The van der Waals surface area contributed by atoms with E-state index >= 15 is 4.39 Å². The van der Waals surface area contributed by atoms with Gasteiger partial charge in [0.25, 0.3) is 0 Å². The zero-order chi connectivity index (χ0) is 24.1. The number of sulfonamides is 1. The van der Waals surface area contributed by atoms with Crippen molar-refractivity contribution in [3.05, 3.63) is 11.6 Å². The van der Waals surface area contributed by atoms with E-state index < -0.39 is 56.9 Å². The van der Waals surface area contributed by atoms with E-state index in [4.69, 9.17) is 0 Å². The third-order valence-corrected chi connectivity index (χ3v) is 11.0. The lowest BCUT2D eigenvalue weighted by Gasteiger charge is -2.48. The Labute approximate surface area is 195 Å². The average molecular weight is 508 g/mol. The number of nitrogens with one attached hydrogen (secondary N) is 1. The number of carbonyl (C=O) groups excluding carboxylic acids is 1. The normalized spacial score (nSPS) is 37.7. The standard InChI is InChI=1S/C21H34FN3O6S2/c1-13(2)6-8-32(28,29)24-7-5-16(11-24)14-3-4-15-10-18(26)21(20(22)17(15)9-14)25-12-19(27)23-33(25,30)31/h5,13-15,17-18,20-21,26H,3-4,6-12H2,1-2H3,(H,23,27). The molecule has 12 heteroatoms. The Balaban J connectivity index is 1.44. The Kier molecular flexibility index (Phi) is 6.96. The lowest BCUT2D eigenvalue weighted by Crippen LogP contribution is -2.58. The molecule has 2 aliphatic heterocycles. The summed E-state index contributed by atoms with van der Waals surface area (Å²) in [6.07, 6.45) is 2.02. The molecule has 0 spiro atoms. The molecule has 0 aromatic heterocycles. The van der Waals surface area contributed by atoms with E-state index in [1.165, 1.54) is 4.31 Å². The summed E-state index contributed by atoms with van der Waals surface area (Å²) in [4.78, 5) is 11.6. The van der Waals surface area contributed by atoms with Crippen LogP contribution in [-0.2, 0) is 25.0 Å². The third-order valence-electron chi connectivity index (χ3n) is 7.69. The molecule has 0 bridgehead atoms. The number of rotatable bonds is 6. The van der Waals surface area contributed by atoms with Crippen LogP contribution in [0.3, 0.4) is 0 Å². The van der Waals surface area contributed by atoms with Crippen LogP contribution in [0.5, 0.6) is 0 Å². The molecule has 4 rings (SSSR count). The number of carbonyl (C=O) groups is 1. The molecule has 188 valence electrons. The molecule has 4 aliphatic rings. The molecule has 9 nitrogen and oxygen atoms in total. The molecule has 0 aromatic rings. The molecule has 1 amide bonds. The van der Waals surface area contributed by atoms with Crippen LogP contribution >= 0.6 is 0 Å². The SMILES string of the molecule is CC(C)CCS(=O)(=O)N1CC=C(C2CCC3CC(O)C(N4CC(=O)NS4(=O)=O)C(F)C3C2)C1. The van der Waals surface area contributed by atoms with Crippen molar-refractivity contribution in [3.63, 3.8) is 0 Å². The molecule has 0 radical (unpaired) electrons. The van der Waals surface area contributed by atoms with Crippen LogP contribution in [0.4, 0.5) is 4.39 Å². The van der Waals surface area contributed by atoms with Crippen molar-refractivity contribution >= 4 is 26.1 Å². The van der Waals surface area contributed by atoms with Crippen LogP contribution in [0, 0.1) is 23.7 Å². The summed E-state index contributed by atoms with van der Waals surface area (Å²) in [6.45, 7) is 4.15. The largest absolute Gasteiger partial charge is 0.391 e. The van der Waals surface area contributed by atoms with E-state index in [0.29, 0.717) is 38.3 Å². The van der Waals surface area contributed by atoms with Crippen molar-refractivity contribution in [2.45, 2.75) is 64.3 Å². The minimum Gasteiger partial charge on any atom is -0.391 e. The highest BCUT2D eigenvalue weighted by Gasteiger charge is 2.54. The predicted octanol–water partition coefficient (Wildman–Crippen LogP) is 0.785. The topological polar surface area (TPSA) is 124 Å². The quantitative estimate of drug-likeness (QED) is 0.512. The maximum atomic E-state index is 15.7. The molecule has 6 atom stereocenters. The highest BCUT2D eigenvalue weighted by Crippen LogP contribution is 2.48. The highest BCUT2D eigenvalue weighted by molar-refractivity contribution is 7.89. The molecule has 33 heavy (non-hydrogen) atoms. The van der Waals surface area contributed by atoms with Gasteiger partial charge in [-0.15, -0.1) is 0 Å². The summed E-state index contributed by atoms with van der Waals surface area (Å²) in [5, 5.41) is 10.6. The van der Waals surface area contributed by atoms with Gasteiger partial charge in [-0.3, -0.25) is 4.79 Å². The first-order valence-electron chi connectivity index (χ1n) is 11.7. The van der Waals surface area contributed by atoms with Crippen LogP contribution in [0.2, 0.25) is 0 Å². The second-order valence-electron chi connectivity index (χ2n) is 10.3. The molecule has 2 heterocycles. The van der Waals surface area contributed by atoms with Gasteiger partial charge >= 0.3 is 10.2 Å². The van der Waals surface area contributed by atoms with Gasteiger partial charge in [0.1, 0.15) is 6.17 Å². The lowest BCUT2D eigenvalue weighted by molar-refractivity contribution is -0.119. The van der Waals surface area contributed by atoms with Crippen LogP contribution in [0.25, 0.3) is 0 Å². The lowest BCUT2D eigenvalue weighted by atomic mass is 9.63. The zero-order valence-corrected chi connectivity index (χ0v) is 20.7. The van der Waals surface area contributed by atoms with Crippen molar-refractivity contribution in [1.29, 1.82) is 0 Å². The summed E-state index contributed by atoms with van der Waals surface area (Å²) in [5.41, 5.74) is 1.00. The first-order valence-corrected chi connectivity index (χ1v) is 14.7. The van der Waals surface area contributed by atoms with E-state index in [1.807, 2.05) is 24.6 Å². The maximum absolute atomic E-state index is 15.7. The van der Waals surface area contributed by atoms with E-state index in [2.05, 4.69) is 0 Å². The molecule has 2 aliphatic carbocycles. The van der Waals surface area contributed by atoms with E-state index in [9.17, 15) is 26.7 Å². The number of halogens is 1. The van der Waals surface area contributed by atoms with Gasteiger partial charge in [0, 0.05) is 13.1 Å². The smallest absolute Gasteiger partial charge is 0.304 e. The molecule has 3 fully saturated rings. The Morgan fingerprint density at radius 3 is 2.61 bits per heavy atom. The Hall–Kier alpha value is -1.08. The zero-order valence-electron chi connectivity index (χ0n) is 19.1. The number of amides is 1. The van der Waals surface area contributed by atoms with Gasteiger partial charge in [-0.05, 0) is 55.8 Å². The maximum Gasteiger partial charge on any atom is 0.304 e. The third kappa shape index (κ3) is 5.00. The summed E-state index contributed by atoms with van der Waals surface area (Å²) in [6, 6.07) is -1.29. The van der Waals surface area contributed by atoms with E-state index in [-0.39, 0.29) is 24.0 Å². The average Bonchev–Trinajstić information content (AvgIpc) is 3.31. The van der Waals surface area contributed by atoms with Gasteiger partial charge in [-0.25, -0.2) is 17.5 Å². The van der Waals surface area contributed by atoms with Crippen molar-refractivity contribution in [3.8, 4) is 0 Å². The number of alkyl halides is 1. The van der Waals surface area contributed by atoms with Crippen molar-refractivity contribution in [2.75, 3.05) is 25.4 Å². The van der Waals surface area contributed by atoms with Crippen LogP contribution < -0.4 is 4.72 Å². The number of aliphatic hydroxyl groups excluding tert-OH is 1. The van der Waals surface area contributed by atoms with Gasteiger partial charge in [0.05, 0.1) is 24.4 Å². The Morgan fingerprint density at radius 2 is 1.97 bits per heavy atom. The molecule has 2 N–H and O–H groups in total. The molecular formula is C21H34FN3O6S2. The highest BCUT2D eigenvalue weighted by atomic mass is 32.2. The Bertz CT molecular complexity index is 1020. The summed E-state index contributed by atoms with van der Waals surface area (Å²) in [7, 11) is -7.50. The van der Waals surface area contributed by atoms with Crippen molar-refractivity contribution in [1.82, 2.24) is 13.3 Å². The minimum absolute atomic E-state index is 0.0284. The second kappa shape index (κ2) is 9.18. The number of hydrogen-bond acceptors (Lipinski definition) is 6. The number of fused-ring (bicyclic) bond motifs is 1. The van der Waals surface area contributed by atoms with Gasteiger partial charge in [-0.1, -0.05) is 25.5 Å². The fourth-order valence-electron chi connectivity index (χ4n) is 5.85. The molecule has 0 aromatic carbocycles. The first-order chi connectivity index (χ1) is 15.4. The van der Waals surface area contributed by atoms with E-state index in [1.54, 1.807) is 0 Å². The fourth-order valence-corrected chi connectivity index (χ4v) is 8.86. The Morgan fingerprint density at radius 1 is 1.24 bits per heavy atom. The van der Waals surface area contributed by atoms with Gasteiger partial charge in [0.2, 0.25) is 15.9 Å². The molecule has 6 unspecified atom stereocenters. The number of nitrogens with zero attached hydrogens (tertiary/aromatic N) is 2. The van der Waals surface area contributed by atoms with Gasteiger partial charge in [0.15, 0.2) is 0 Å². The predicted molar refractivity (Wildman–Crippen MR) is 120 cm³/mol. The van der Waals surface area contributed by atoms with Crippen LogP contribution in [-0.4, -0.2) is 80.2 Å². The summed E-state index contributed by atoms with van der Waals surface area (Å²) < 4.78 is 69.7. The monoisotopic (exact) mass is 507 g/mol. The first kappa shape index (κ1) is 25.0. The van der Waals surface area contributed by atoms with Crippen molar-refractivity contribution < 1.29 is 31.1 Å². The number of hydrogen-bond donors (Lipinski definition) is 2.